The largest absolute Gasteiger partial charge is 0.462 e. The molecule has 0 aliphatic carbocycles. The molecule has 0 bridgehead atoms. The van der Waals surface area contributed by atoms with Gasteiger partial charge in [0.2, 0.25) is 0 Å². The third kappa shape index (κ3) is 7.84. The molecule has 7 heteroatoms. The van der Waals surface area contributed by atoms with Gasteiger partial charge in [-0.25, -0.2) is 4.79 Å². The predicted octanol–water partition coefficient (Wildman–Crippen LogP) is 1.60. The third-order valence-electron chi connectivity index (χ3n) is 1.28. The molecule has 0 saturated heterocycles. The van der Waals surface area contributed by atoms with Crippen LogP contribution in [0.1, 0.15) is 13.3 Å². The molecule has 0 aliphatic heterocycles. The van der Waals surface area contributed by atoms with Crippen LogP contribution < -0.4 is 0 Å². The fourth-order valence-corrected chi connectivity index (χ4v) is 0.585. The summed E-state index contributed by atoms with van der Waals surface area (Å²) in [5, 5.41) is 0. The van der Waals surface area contributed by atoms with Gasteiger partial charge in [-0.1, -0.05) is 6.58 Å². The lowest BCUT2D eigenvalue weighted by atomic mass is 10.4. The van der Waals surface area contributed by atoms with E-state index in [4.69, 9.17) is 0 Å². The number of halogens is 3. The molecule has 4 nitrogen and oxygen atoms in total. The number of carbonyl (C=O) groups excluding carboxylic acids is 2. The average Bonchev–Trinajstić information content (AvgIpc) is 2.13. The van der Waals surface area contributed by atoms with Crippen molar-refractivity contribution in [2.45, 2.75) is 19.5 Å². The minimum atomic E-state index is -4.55. The highest BCUT2D eigenvalue weighted by Crippen LogP contribution is 2.14. The highest BCUT2D eigenvalue weighted by atomic mass is 19.4. The average molecular weight is 240 g/mol. The van der Waals surface area contributed by atoms with Crippen LogP contribution in [0.2, 0.25) is 0 Å². The molecule has 92 valence electrons. The highest BCUT2D eigenvalue weighted by Gasteiger charge is 2.29. The van der Waals surface area contributed by atoms with Gasteiger partial charge in [-0.15, -0.1) is 0 Å². The molecular weight excluding hydrogens is 229 g/mol. The second-order valence-electron chi connectivity index (χ2n) is 2.94. The standard InChI is InChI=1S/C9H11F3O4/c1-6(2)8(14)15-4-3-7(13)16-5-9(10,11)12/h1,3-5H2,2H3. The monoisotopic (exact) mass is 240 g/mol. The number of carbonyl (C=O) groups is 2. The maximum Gasteiger partial charge on any atom is 0.422 e. The van der Waals surface area contributed by atoms with E-state index < -0.39 is 31.1 Å². The van der Waals surface area contributed by atoms with Crippen LogP contribution in [-0.2, 0) is 19.1 Å². The van der Waals surface area contributed by atoms with Gasteiger partial charge in [-0.05, 0) is 6.92 Å². The maximum absolute atomic E-state index is 11.6. The van der Waals surface area contributed by atoms with Gasteiger partial charge in [0.05, 0.1) is 6.42 Å². The predicted molar refractivity (Wildman–Crippen MR) is 47.4 cm³/mol. The normalized spacial score (nSPS) is 10.8. The molecule has 0 unspecified atom stereocenters. The van der Waals surface area contributed by atoms with Crippen molar-refractivity contribution >= 4 is 11.9 Å². The summed E-state index contributed by atoms with van der Waals surface area (Å²) < 4.78 is 43.2. The summed E-state index contributed by atoms with van der Waals surface area (Å²) in [6.45, 7) is 2.72. The number of hydrogen-bond donors (Lipinski definition) is 0. The van der Waals surface area contributed by atoms with E-state index in [1.54, 1.807) is 0 Å². The first-order chi connectivity index (χ1) is 7.22. The van der Waals surface area contributed by atoms with E-state index in [-0.39, 0.29) is 12.2 Å². The van der Waals surface area contributed by atoms with Gasteiger partial charge in [0.1, 0.15) is 6.61 Å². The summed E-state index contributed by atoms with van der Waals surface area (Å²) in [7, 11) is 0. The van der Waals surface area contributed by atoms with Crippen LogP contribution in [0.25, 0.3) is 0 Å². The molecule has 0 radical (unpaired) electrons. The maximum atomic E-state index is 11.6. The van der Waals surface area contributed by atoms with Crippen molar-refractivity contribution < 1.29 is 32.2 Å². The Morgan fingerprint density at radius 2 is 1.81 bits per heavy atom. The zero-order valence-corrected chi connectivity index (χ0v) is 8.60. The summed E-state index contributed by atoms with van der Waals surface area (Å²) in [4.78, 5) is 21.5. The molecule has 0 aromatic heterocycles. The summed E-state index contributed by atoms with van der Waals surface area (Å²) in [6.07, 6.45) is -4.97. The topological polar surface area (TPSA) is 52.6 Å². The van der Waals surface area contributed by atoms with Gasteiger partial charge in [0.15, 0.2) is 6.61 Å². The van der Waals surface area contributed by atoms with Gasteiger partial charge in [-0.2, -0.15) is 13.2 Å². The van der Waals surface area contributed by atoms with Crippen LogP contribution in [-0.4, -0.2) is 31.3 Å². The van der Waals surface area contributed by atoms with Crippen molar-refractivity contribution in [1.29, 1.82) is 0 Å². The SMILES string of the molecule is C=C(C)C(=O)OCCC(=O)OCC(F)(F)F. The highest BCUT2D eigenvalue weighted by molar-refractivity contribution is 5.87. The molecule has 0 heterocycles. The van der Waals surface area contributed by atoms with Crippen LogP contribution in [0, 0.1) is 0 Å². The fraction of sp³-hybridized carbons (Fsp3) is 0.556. The van der Waals surface area contributed by atoms with Crippen molar-refractivity contribution in [2.24, 2.45) is 0 Å². The van der Waals surface area contributed by atoms with E-state index in [2.05, 4.69) is 16.1 Å². The lowest BCUT2D eigenvalue weighted by molar-refractivity contribution is -0.187. The Labute approximate surface area is 90.0 Å². The molecule has 16 heavy (non-hydrogen) atoms. The summed E-state index contributed by atoms with van der Waals surface area (Å²) in [5.74, 6) is -1.78. The van der Waals surface area contributed by atoms with E-state index in [9.17, 15) is 22.8 Å². The molecule has 0 rings (SSSR count). The first-order valence-corrected chi connectivity index (χ1v) is 4.27. The number of alkyl halides is 3. The van der Waals surface area contributed by atoms with E-state index in [1.165, 1.54) is 6.92 Å². The lowest BCUT2D eigenvalue weighted by Gasteiger charge is -2.07. The van der Waals surface area contributed by atoms with E-state index in [0.717, 1.165) is 0 Å². The van der Waals surface area contributed by atoms with Crippen LogP contribution in [0.4, 0.5) is 13.2 Å². The molecule has 0 amide bonds. The molecule has 0 atom stereocenters. The number of ether oxygens (including phenoxy) is 2. The van der Waals surface area contributed by atoms with Crippen LogP contribution >= 0.6 is 0 Å². The summed E-state index contributed by atoms with van der Waals surface area (Å²) in [5.41, 5.74) is 0.142. The lowest BCUT2D eigenvalue weighted by Crippen LogP contribution is -2.21. The quantitative estimate of drug-likeness (QED) is 0.541. The molecule has 0 spiro atoms. The smallest absolute Gasteiger partial charge is 0.422 e. The molecule has 0 aromatic rings. The molecule has 0 N–H and O–H groups in total. The van der Waals surface area contributed by atoms with E-state index in [0.29, 0.717) is 0 Å². The van der Waals surface area contributed by atoms with Crippen LogP contribution in [0.5, 0.6) is 0 Å². The van der Waals surface area contributed by atoms with Gasteiger partial charge in [-0.3, -0.25) is 4.79 Å². The first kappa shape index (κ1) is 14.5. The Balaban J connectivity index is 3.67. The number of rotatable bonds is 5. The zero-order valence-electron chi connectivity index (χ0n) is 8.60. The van der Waals surface area contributed by atoms with Crippen molar-refractivity contribution in [3.8, 4) is 0 Å². The first-order valence-electron chi connectivity index (χ1n) is 4.27. The summed E-state index contributed by atoms with van der Waals surface area (Å²) in [6, 6.07) is 0. The molecule has 0 fully saturated rings. The Bertz CT molecular complexity index is 283. The third-order valence-corrected chi connectivity index (χ3v) is 1.28. The van der Waals surface area contributed by atoms with E-state index in [1.807, 2.05) is 0 Å². The van der Waals surface area contributed by atoms with Gasteiger partial charge >= 0.3 is 18.1 Å². The fourth-order valence-electron chi connectivity index (χ4n) is 0.585. The number of hydrogen-bond acceptors (Lipinski definition) is 4. The minimum absolute atomic E-state index is 0.142. The van der Waals surface area contributed by atoms with Gasteiger partial charge in [0.25, 0.3) is 0 Å². The van der Waals surface area contributed by atoms with Crippen molar-refractivity contribution in [1.82, 2.24) is 0 Å². The molecular formula is C9H11F3O4. The Morgan fingerprint density at radius 3 is 2.25 bits per heavy atom. The van der Waals surface area contributed by atoms with E-state index >= 15 is 0 Å². The van der Waals surface area contributed by atoms with Crippen molar-refractivity contribution in [3.05, 3.63) is 12.2 Å². The van der Waals surface area contributed by atoms with Crippen molar-refractivity contribution in [3.63, 3.8) is 0 Å². The van der Waals surface area contributed by atoms with Crippen LogP contribution in [0.15, 0.2) is 12.2 Å². The Morgan fingerprint density at radius 1 is 1.25 bits per heavy atom. The second kappa shape index (κ2) is 6.14. The van der Waals surface area contributed by atoms with Crippen LogP contribution in [0.3, 0.4) is 0 Å². The Kier molecular flexibility index (Phi) is 5.55. The second-order valence-corrected chi connectivity index (χ2v) is 2.94. The van der Waals surface area contributed by atoms with Crippen molar-refractivity contribution in [2.75, 3.05) is 13.2 Å². The zero-order chi connectivity index (χ0) is 12.8. The molecule has 0 saturated carbocycles. The summed E-state index contributed by atoms with van der Waals surface area (Å²) >= 11 is 0. The number of esters is 2. The molecule has 0 aromatic carbocycles. The minimum Gasteiger partial charge on any atom is -0.462 e. The Hall–Kier alpha value is -1.53. The van der Waals surface area contributed by atoms with Gasteiger partial charge < -0.3 is 9.47 Å². The van der Waals surface area contributed by atoms with Gasteiger partial charge in [0, 0.05) is 5.57 Å². The molecule has 0 aliphatic rings.